The highest BCUT2D eigenvalue weighted by molar-refractivity contribution is 6.32. The SMILES string of the molecule is N#Cc1ccc(NCc2ccccc2CN2CCOCC2)cc1Cl. The second-order valence-corrected chi connectivity index (χ2v) is 6.22. The summed E-state index contributed by atoms with van der Waals surface area (Å²) in [6.45, 7) is 5.24. The molecule has 124 valence electrons. The molecule has 0 aliphatic carbocycles. The lowest BCUT2D eigenvalue weighted by Gasteiger charge is -2.27. The Bertz CT molecular complexity index is 736. The van der Waals surface area contributed by atoms with Crippen LogP contribution < -0.4 is 5.32 Å². The maximum Gasteiger partial charge on any atom is 0.101 e. The highest BCUT2D eigenvalue weighted by Gasteiger charge is 2.12. The van der Waals surface area contributed by atoms with E-state index in [1.807, 2.05) is 6.07 Å². The molecular formula is C19H20ClN3O. The van der Waals surface area contributed by atoms with Crippen LogP contribution in [0.2, 0.25) is 5.02 Å². The number of morpholine rings is 1. The molecule has 0 spiro atoms. The Hall–Kier alpha value is -2.06. The van der Waals surface area contributed by atoms with Crippen LogP contribution in [0.4, 0.5) is 5.69 Å². The van der Waals surface area contributed by atoms with Gasteiger partial charge in [0, 0.05) is 31.9 Å². The van der Waals surface area contributed by atoms with Gasteiger partial charge in [0.25, 0.3) is 0 Å². The van der Waals surface area contributed by atoms with Crippen LogP contribution in [0.15, 0.2) is 42.5 Å². The number of benzene rings is 2. The van der Waals surface area contributed by atoms with Crippen LogP contribution in [0.5, 0.6) is 0 Å². The Morgan fingerprint density at radius 3 is 2.58 bits per heavy atom. The van der Waals surface area contributed by atoms with Gasteiger partial charge in [0.2, 0.25) is 0 Å². The summed E-state index contributed by atoms with van der Waals surface area (Å²) < 4.78 is 5.41. The number of hydrogen-bond acceptors (Lipinski definition) is 4. The van der Waals surface area contributed by atoms with Crippen molar-refractivity contribution in [2.45, 2.75) is 13.1 Å². The van der Waals surface area contributed by atoms with Crippen molar-refractivity contribution in [3.05, 3.63) is 64.2 Å². The summed E-state index contributed by atoms with van der Waals surface area (Å²) in [6, 6.07) is 16.0. The average Bonchev–Trinajstić information content (AvgIpc) is 2.62. The van der Waals surface area contributed by atoms with Gasteiger partial charge in [0.05, 0.1) is 23.8 Å². The molecule has 1 aliphatic heterocycles. The molecular weight excluding hydrogens is 322 g/mol. The van der Waals surface area contributed by atoms with Crippen molar-refractivity contribution < 1.29 is 4.74 Å². The standard InChI is InChI=1S/C19H20ClN3O/c20-19-11-18(6-5-15(19)12-21)22-13-16-3-1-2-4-17(16)14-23-7-9-24-10-8-23/h1-6,11,22H,7-10,13-14H2. The fourth-order valence-electron chi connectivity index (χ4n) is 2.80. The zero-order valence-electron chi connectivity index (χ0n) is 13.5. The molecule has 0 unspecified atom stereocenters. The highest BCUT2D eigenvalue weighted by Crippen LogP contribution is 2.21. The molecule has 0 radical (unpaired) electrons. The van der Waals surface area contributed by atoms with E-state index >= 15 is 0 Å². The first kappa shape index (κ1) is 16.8. The molecule has 0 aromatic heterocycles. The van der Waals surface area contributed by atoms with Crippen LogP contribution in [0.1, 0.15) is 16.7 Å². The van der Waals surface area contributed by atoms with E-state index in [0.717, 1.165) is 45.1 Å². The molecule has 0 saturated carbocycles. The molecule has 2 aromatic carbocycles. The lowest BCUT2D eigenvalue weighted by molar-refractivity contribution is 0.0341. The summed E-state index contributed by atoms with van der Waals surface area (Å²) >= 11 is 6.09. The first-order chi connectivity index (χ1) is 11.8. The minimum Gasteiger partial charge on any atom is -0.381 e. The highest BCUT2D eigenvalue weighted by atomic mass is 35.5. The normalized spacial score (nSPS) is 15.0. The monoisotopic (exact) mass is 341 g/mol. The molecule has 1 fully saturated rings. The lowest BCUT2D eigenvalue weighted by atomic mass is 10.1. The fourth-order valence-corrected chi connectivity index (χ4v) is 3.02. The molecule has 4 nitrogen and oxygen atoms in total. The zero-order chi connectivity index (χ0) is 16.8. The molecule has 3 rings (SSSR count). The third-order valence-electron chi connectivity index (χ3n) is 4.19. The third-order valence-corrected chi connectivity index (χ3v) is 4.50. The second-order valence-electron chi connectivity index (χ2n) is 5.82. The van der Waals surface area contributed by atoms with Gasteiger partial charge < -0.3 is 10.1 Å². The number of nitrogens with one attached hydrogen (secondary N) is 1. The van der Waals surface area contributed by atoms with Gasteiger partial charge in [-0.25, -0.2) is 0 Å². The van der Waals surface area contributed by atoms with Crippen molar-refractivity contribution in [1.82, 2.24) is 4.90 Å². The Balaban J connectivity index is 1.66. The van der Waals surface area contributed by atoms with E-state index in [0.29, 0.717) is 10.6 Å². The first-order valence-electron chi connectivity index (χ1n) is 8.06. The van der Waals surface area contributed by atoms with Crippen LogP contribution in [0, 0.1) is 11.3 Å². The van der Waals surface area contributed by atoms with Gasteiger partial charge in [-0.2, -0.15) is 5.26 Å². The minimum atomic E-state index is 0.476. The van der Waals surface area contributed by atoms with E-state index in [4.69, 9.17) is 21.6 Å². The van der Waals surface area contributed by atoms with Gasteiger partial charge in [-0.1, -0.05) is 35.9 Å². The predicted octanol–water partition coefficient (Wildman–Crippen LogP) is 3.66. The molecule has 24 heavy (non-hydrogen) atoms. The molecule has 0 amide bonds. The summed E-state index contributed by atoms with van der Waals surface area (Å²) in [6.07, 6.45) is 0. The van der Waals surface area contributed by atoms with Crippen LogP contribution in [-0.2, 0) is 17.8 Å². The molecule has 2 aromatic rings. The van der Waals surface area contributed by atoms with Gasteiger partial charge in [-0.15, -0.1) is 0 Å². The molecule has 5 heteroatoms. The van der Waals surface area contributed by atoms with Gasteiger partial charge in [-0.05, 0) is 29.3 Å². The Morgan fingerprint density at radius 2 is 1.88 bits per heavy atom. The van der Waals surface area contributed by atoms with Gasteiger partial charge in [0.1, 0.15) is 6.07 Å². The number of halogens is 1. The average molecular weight is 342 g/mol. The molecule has 0 atom stereocenters. The molecule has 1 aliphatic rings. The van der Waals surface area contributed by atoms with E-state index in [-0.39, 0.29) is 0 Å². The molecule has 1 heterocycles. The van der Waals surface area contributed by atoms with Crippen molar-refractivity contribution in [2.75, 3.05) is 31.6 Å². The van der Waals surface area contributed by atoms with E-state index in [2.05, 4.69) is 40.6 Å². The predicted molar refractivity (Wildman–Crippen MR) is 96.0 cm³/mol. The summed E-state index contributed by atoms with van der Waals surface area (Å²) in [5.74, 6) is 0. The van der Waals surface area contributed by atoms with Crippen LogP contribution in [0.25, 0.3) is 0 Å². The van der Waals surface area contributed by atoms with Crippen molar-refractivity contribution in [1.29, 1.82) is 5.26 Å². The van der Waals surface area contributed by atoms with Crippen LogP contribution in [0.3, 0.4) is 0 Å². The van der Waals surface area contributed by atoms with Crippen molar-refractivity contribution in [3.63, 3.8) is 0 Å². The Labute approximate surface area is 147 Å². The quantitative estimate of drug-likeness (QED) is 0.901. The van der Waals surface area contributed by atoms with Gasteiger partial charge in [0.15, 0.2) is 0 Å². The number of ether oxygens (including phenoxy) is 1. The number of rotatable bonds is 5. The van der Waals surface area contributed by atoms with E-state index < -0.39 is 0 Å². The van der Waals surface area contributed by atoms with Crippen LogP contribution >= 0.6 is 11.6 Å². The van der Waals surface area contributed by atoms with Crippen molar-refractivity contribution in [3.8, 4) is 6.07 Å². The lowest BCUT2D eigenvalue weighted by Crippen LogP contribution is -2.35. The first-order valence-corrected chi connectivity index (χ1v) is 8.44. The zero-order valence-corrected chi connectivity index (χ0v) is 14.2. The number of anilines is 1. The Morgan fingerprint density at radius 1 is 1.12 bits per heavy atom. The summed E-state index contributed by atoms with van der Waals surface area (Å²) in [5, 5.41) is 12.8. The molecule has 0 bridgehead atoms. The largest absolute Gasteiger partial charge is 0.381 e. The fraction of sp³-hybridized carbons (Fsp3) is 0.316. The topological polar surface area (TPSA) is 48.3 Å². The maximum atomic E-state index is 8.94. The summed E-state index contributed by atoms with van der Waals surface area (Å²) in [5.41, 5.74) is 4.01. The van der Waals surface area contributed by atoms with Gasteiger partial charge in [-0.3, -0.25) is 4.90 Å². The number of nitriles is 1. The Kier molecular flexibility index (Phi) is 5.71. The van der Waals surface area contributed by atoms with E-state index in [1.54, 1.807) is 12.1 Å². The van der Waals surface area contributed by atoms with Crippen LogP contribution in [-0.4, -0.2) is 31.2 Å². The van der Waals surface area contributed by atoms with Crippen molar-refractivity contribution in [2.24, 2.45) is 0 Å². The minimum absolute atomic E-state index is 0.476. The third kappa shape index (κ3) is 4.27. The summed E-state index contributed by atoms with van der Waals surface area (Å²) in [7, 11) is 0. The van der Waals surface area contributed by atoms with Crippen molar-refractivity contribution >= 4 is 17.3 Å². The smallest absolute Gasteiger partial charge is 0.101 e. The molecule has 1 saturated heterocycles. The maximum absolute atomic E-state index is 8.94. The van der Waals surface area contributed by atoms with E-state index in [1.165, 1.54) is 11.1 Å². The number of hydrogen-bond donors (Lipinski definition) is 1. The number of nitrogens with zero attached hydrogens (tertiary/aromatic N) is 2. The van der Waals surface area contributed by atoms with Gasteiger partial charge >= 0.3 is 0 Å². The second kappa shape index (κ2) is 8.16. The summed E-state index contributed by atoms with van der Waals surface area (Å²) in [4.78, 5) is 2.42. The van der Waals surface area contributed by atoms with E-state index in [9.17, 15) is 0 Å². The molecule has 1 N–H and O–H groups in total.